The van der Waals surface area contributed by atoms with E-state index in [0.29, 0.717) is 11.6 Å². The first-order valence-electron chi connectivity index (χ1n) is 5.06. The molecular formula is C12H13N3O. The van der Waals surface area contributed by atoms with Crippen molar-refractivity contribution in [3.63, 3.8) is 0 Å². The van der Waals surface area contributed by atoms with Gasteiger partial charge in [0.2, 0.25) is 5.88 Å². The van der Waals surface area contributed by atoms with Gasteiger partial charge in [-0.1, -0.05) is 0 Å². The summed E-state index contributed by atoms with van der Waals surface area (Å²) in [7, 11) is 1.90. The molecule has 0 aliphatic heterocycles. The Kier molecular flexibility index (Phi) is 3.46. The van der Waals surface area contributed by atoms with Crippen LogP contribution in [0.2, 0.25) is 0 Å². The summed E-state index contributed by atoms with van der Waals surface area (Å²) < 4.78 is 5.56. The van der Waals surface area contributed by atoms with Crippen LogP contribution in [0.25, 0.3) is 0 Å². The van der Waals surface area contributed by atoms with E-state index in [1.54, 1.807) is 18.6 Å². The molecule has 2 heterocycles. The number of aromatic nitrogens is 2. The molecule has 0 aliphatic rings. The van der Waals surface area contributed by atoms with Gasteiger partial charge in [0.1, 0.15) is 5.75 Å². The predicted octanol–water partition coefficient (Wildman–Crippen LogP) is 1.99. The third-order valence-electron chi connectivity index (χ3n) is 2.04. The van der Waals surface area contributed by atoms with E-state index in [2.05, 4.69) is 15.3 Å². The summed E-state index contributed by atoms with van der Waals surface area (Å²) in [5.74, 6) is 1.28. The molecule has 0 bridgehead atoms. The summed E-state index contributed by atoms with van der Waals surface area (Å²) in [6.07, 6.45) is 5.10. The lowest BCUT2D eigenvalue weighted by Gasteiger charge is -2.05. The van der Waals surface area contributed by atoms with E-state index in [4.69, 9.17) is 4.74 Å². The number of nitrogens with one attached hydrogen (secondary N) is 1. The zero-order valence-electron chi connectivity index (χ0n) is 9.05. The highest BCUT2D eigenvalue weighted by Crippen LogP contribution is 2.18. The Hall–Kier alpha value is -1.94. The number of rotatable bonds is 4. The molecule has 0 saturated carbocycles. The smallest absolute Gasteiger partial charge is 0.219 e. The summed E-state index contributed by atoms with van der Waals surface area (Å²) >= 11 is 0. The predicted molar refractivity (Wildman–Crippen MR) is 61.3 cm³/mol. The molecule has 0 aromatic carbocycles. The van der Waals surface area contributed by atoms with E-state index in [9.17, 15) is 0 Å². The quantitative estimate of drug-likeness (QED) is 0.847. The van der Waals surface area contributed by atoms with Gasteiger partial charge in [-0.15, -0.1) is 0 Å². The van der Waals surface area contributed by atoms with Gasteiger partial charge >= 0.3 is 0 Å². The summed E-state index contributed by atoms with van der Waals surface area (Å²) in [4.78, 5) is 8.11. The molecule has 4 nitrogen and oxygen atoms in total. The minimum Gasteiger partial charge on any atom is -0.437 e. The van der Waals surface area contributed by atoms with Gasteiger partial charge in [0, 0.05) is 25.0 Å². The maximum absolute atomic E-state index is 5.56. The maximum Gasteiger partial charge on any atom is 0.219 e. The molecule has 2 rings (SSSR count). The topological polar surface area (TPSA) is 47.0 Å². The van der Waals surface area contributed by atoms with Crippen LogP contribution < -0.4 is 10.1 Å². The van der Waals surface area contributed by atoms with Crippen LogP contribution >= 0.6 is 0 Å². The molecule has 0 atom stereocenters. The van der Waals surface area contributed by atoms with Crippen LogP contribution in [-0.2, 0) is 6.54 Å². The van der Waals surface area contributed by atoms with Gasteiger partial charge in [-0.3, -0.25) is 4.98 Å². The van der Waals surface area contributed by atoms with Crippen molar-refractivity contribution in [1.29, 1.82) is 0 Å². The molecule has 2 aromatic heterocycles. The number of pyridine rings is 2. The van der Waals surface area contributed by atoms with Crippen LogP contribution in [0.4, 0.5) is 0 Å². The van der Waals surface area contributed by atoms with Crippen LogP contribution in [-0.4, -0.2) is 17.0 Å². The molecule has 0 saturated heterocycles. The van der Waals surface area contributed by atoms with Crippen molar-refractivity contribution in [1.82, 2.24) is 15.3 Å². The van der Waals surface area contributed by atoms with Crippen molar-refractivity contribution >= 4 is 0 Å². The summed E-state index contributed by atoms with van der Waals surface area (Å²) in [6, 6.07) is 7.53. The van der Waals surface area contributed by atoms with Crippen molar-refractivity contribution in [3.05, 3.63) is 48.4 Å². The summed E-state index contributed by atoms with van der Waals surface area (Å²) in [5.41, 5.74) is 1.14. The first-order chi connectivity index (χ1) is 7.88. The first kappa shape index (κ1) is 10.6. The van der Waals surface area contributed by atoms with E-state index in [0.717, 1.165) is 12.1 Å². The molecule has 0 fully saturated rings. The van der Waals surface area contributed by atoms with Gasteiger partial charge in [-0.25, -0.2) is 4.98 Å². The molecule has 0 spiro atoms. The van der Waals surface area contributed by atoms with Crippen molar-refractivity contribution in [2.75, 3.05) is 7.05 Å². The molecule has 16 heavy (non-hydrogen) atoms. The van der Waals surface area contributed by atoms with Crippen molar-refractivity contribution < 1.29 is 4.74 Å². The fourth-order valence-corrected chi connectivity index (χ4v) is 1.35. The lowest BCUT2D eigenvalue weighted by Crippen LogP contribution is -2.05. The molecule has 4 heteroatoms. The van der Waals surface area contributed by atoms with E-state index in [1.807, 2.05) is 31.3 Å². The molecule has 0 aliphatic carbocycles. The second-order valence-corrected chi connectivity index (χ2v) is 3.32. The Balaban J connectivity index is 2.12. The van der Waals surface area contributed by atoms with Crippen LogP contribution in [0, 0.1) is 0 Å². The second-order valence-electron chi connectivity index (χ2n) is 3.32. The Labute approximate surface area is 94.3 Å². The standard InChI is InChI=1S/C12H13N3O/c1-13-8-10-4-6-15-12(7-10)16-11-3-2-5-14-9-11/h2-7,9,13H,8H2,1H3. The summed E-state index contributed by atoms with van der Waals surface area (Å²) in [6.45, 7) is 0.798. The third kappa shape index (κ3) is 2.77. The Bertz CT molecular complexity index is 445. The minimum atomic E-state index is 0.584. The van der Waals surface area contributed by atoms with E-state index in [-0.39, 0.29) is 0 Å². The van der Waals surface area contributed by atoms with Crippen LogP contribution in [0.1, 0.15) is 5.56 Å². The molecule has 1 N–H and O–H groups in total. The number of ether oxygens (including phenoxy) is 1. The van der Waals surface area contributed by atoms with Crippen LogP contribution in [0.3, 0.4) is 0 Å². The Morgan fingerprint density at radius 2 is 2.25 bits per heavy atom. The molecule has 2 aromatic rings. The number of hydrogen-bond acceptors (Lipinski definition) is 4. The third-order valence-corrected chi connectivity index (χ3v) is 2.04. The van der Waals surface area contributed by atoms with Gasteiger partial charge in [-0.2, -0.15) is 0 Å². The molecule has 0 radical (unpaired) electrons. The minimum absolute atomic E-state index is 0.584. The van der Waals surface area contributed by atoms with E-state index < -0.39 is 0 Å². The Morgan fingerprint density at radius 1 is 1.31 bits per heavy atom. The lowest BCUT2D eigenvalue weighted by atomic mass is 10.2. The second kappa shape index (κ2) is 5.23. The number of hydrogen-bond donors (Lipinski definition) is 1. The monoisotopic (exact) mass is 215 g/mol. The molecule has 0 amide bonds. The van der Waals surface area contributed by atoms with Gasteiger partial charge < -0.3 is 10.1 Å². The first-order valence-corrected chi connectivity index (χ1v) is 5.06. The normalized spacial score (nSPS) is 10.1. The zero-order chi connectivity index (χ0) is 11.2. The van der Waals surface area contributed by atoms with Crippen LogP contribution in [0.5, 0.6) is 11.6 Å². The van der Waals surface area contributed by atoms with Crippen molar-refractivity contribution in [3.8, 4) is 11.6 Å². The maximum atomic E-state index is 5.56. The average molecular weight is 215 g/mol. The highest BCUT2D eigenvalue weighted by molar-refractivity contribution is 5.26. The fraction of sp³-hybridized carbons (Fsp3) is 0.167. The van der Waals surface area contributed by atoms with Crippen molar-refractivity contribution in [2.24, 2.45) is 0 Å². The number of nitrogens with zero attached hydrogens (tertiary/aromatic N) is 2. The Morgan fingerprint density at radius 3 is 3.00 bits per heavy atom. The van der Waals surface area contributed by atoms with Crippen molar-refractivity contribution in [2.45, 2.75) is 6.54 Å². The van der Waals surface area contributed by atoms with Gasteiger partial charge in [0.25, 0.3) is 0 Å². The van der Waals surface area contributed by atoms with Crippen LogP contribution in [0.15, 0.2) is 42.9 Å². The zero-order valence-corrected chi connectivity index (χ0v) is 9.05. The van der Waals surface area contributed by atoms with E-state index >= 15 is 0 Å². The molecular weight excluding hydrogens is 202 g/mol. The summed E-state index contributed by atoms with van der Waals surface area (Å²) in [5, 5.41) is 3.08. The highest BCUT2D eigenvalue weighted by Gasteiger charge is 1.99. The van der Waals surface area contributed by atoms with E-state index in [1.165, 1.54) is 0 Å². The average Bonchev–Trinajstić information content (AvgIpc) is 2.31. The van der Waals surface area contributed by atoms with Gasteiger partial charge in [0.15, 0.2) is 0 Å². The highest BCUT2D eigenvalue weighted by atomic mass is 16.5. The fourth-order valence-electron chi connectivity index (χ4n) is 1.35. The molecule has 0 unspecified atom stereocenters. The molecule has 82 valence electrons. The van der Waals surface area contributed by atoms with Gasteiger partial charge in [-0.05, 0) is 30.8 Å². The SMILES string of the molecule is CNCc1ccnc(Oc2cccnc2)c1. The lowest BCUT2D eigenvalue weighted by molar-refractivity contribution is 0.460. The van der Waals surface area contributed by atoms with Gasteiger partial charge in [0.05, 0.1) is 6.20 Å². The largest absolute Gasteiger partial charge is 0.437 e.